The molecular weight excluding hydrogens is 432 g/mol. The molecule has 1 rings (SSSR count). The second kappa shape index (κ2) is 19.3. The first-order valence-electron chi connectivity index (χ1n) is 13.7. The second-order valence-corrected chi connectivity index (χ2v) is 11.1. The molecular formula is C28H50O4S. The van der Waals surface area contributed by atoms with Gasteiger partial charge in [-0.15, -0.1) is 0 Å². The number of aryl methyl sites for hydroxylation is 2. The fourth-order valence-corrected chi connectivity index (χ4v) is 4.82. The predicted molar refractivity (Wildman–Crippen MR) is 141 cm³/mol. The Hall–Kier alpha value is -1.07. The molecule has 5 heteroatoms. The zero-order valence-electron chi connectivity index (χ0n) is 21.5. The number of unbranched alkanes of at least 4 members (excludes halogenated alkanes) is 13. The van der Waals surface area contributed by atoms with Crippen molar-refractivity contribution in [3.05, 3.63) is 29.3 Å². The van der Waals surface area contributed by atoms with E-state index >= 15 is 0 Å². The van der Waals surface area contributed by atoms with Crippen LogP contribution in [0.4, 0.5) is 0 Å². The molecule has 0 unspecified atom stereocenters. The Balaban J connectivity index is 2.50. The summed E-state index contributed by atoms with van der Waals surface area (Å²) in [5.74, 6) is 0.707. The summed E-state index contributed by atoms with van der Waals surface area (Å²) in [6, 6.07) is 6.68. The van der Waals surface area contributed by atoms with Gasteiger partial charge in [-0.3, -0.25) is 4.55 Å². The fraction of sp³-hybridized carbons (Fsp3) is 0.786. The lowest BCUT2D eigenvalue weighted by Gasteiger charge is -2.12. The van der Waals surface area contributed by atoms with Crippen LogP contribution in [0.2, 0.25) is 0 Å². The smallest absolute Gasteiger partial charge is 0.264 e. The predicted octanol–water partition coefficient (Wildman–Crippen LogP) is 8.32. The molecule has 0 bridgehead atoms. The van der Waals surface area contributed by atoms with Crippen LogP contribution in [0.15, 0.2) is 18.2 Å². The van der Waals surface area contributed by atoms with Crippen LogP contribution in [-0.4, -0.2) is 25.3 Å². The zero-order valence-corrected chi connectivity index (χ0v) is 22.3. The summed E-state index contributed by atoms with van der Waals surface area (Å²) >= 11 is 0. The normalized spacial score (nSPS) is 11.7. The van der Waals surface area contributed by atoms with Gasteiger partial charge in [0.05, 0.1) is 12.4 Å². The van der Waals surface area contributed by atoms with Crippen molar-refractivity contribution < 1.29 is 17.7 Å². The first-order valence-corrected chi connectivity index (χ1v) is 15.3. The molecule has 0 atom stereocenters. The Bertz CT molecular complexity index is 664. The highest BCUT2D eigenvalue weighted by molar-refractivity contribution is 7.85. The summed E-state index contributed by atoms with van der Waals surface area (Å²) in [7, 11) is -3.88. The second-order valence-electron chi connectivity index (χ2n) is 9.57. The number of rotatable bonds is 22. The molecule has 0 radical (unpaired) electrons. The highest BCUT2D eigenvalue weighted by Crippen LogP contribution is 2.22. The molecule has 0 aromatic heterocycles. The van der Waals surface area contributed by atoms with Crippen molar-refractivity contribution in [1.82, 2.24) is 0 Å². The maximum atomic E-state index is 10.9. The minimum atomic E-state index is -3.88. The van der Waals surface area contributed by atoms with Crippen LogP contribution >= 0.6 is 0 Å². The molecule has 33 heavy (non-hydrogen) atoms. The first kappa shape index (κ1) is 30.0. The SMILES string of the molecule is CCCCCCCCCc1cc(CCCCCCCCC)cc(OCCCCS(=O)(=O)O)c1. The van der Waals surface area contributed by atoms with E-state index in [1.54, 1.807) is 0 Å². The van der Waals surface area contributed by atoms with Crippen LogP contribution < -0.4 is 4.74 Å². The fourth-order valence-electron chi connectivity index (χ4n) is 4.25. The molecule has 192 valence electrons. The third-order valence-electron chi connectivity index (χ3n) is 6.23. The van der Waals surface area contributed by atoms with Gasteiger partial charge in [0.1, 0.15) is 5.75 Å². The molecule has 1 aromatic rings. The minimum absolute atomic E-state index is 0.196. The summed E-state index contributed by atoms with van der Waals surface area (Å²) in [4.78, 5) is 0. The van der Waals surface area contributed by atoms with Gasteiger partial charge in [-0.1, -0.05) is 97.0 Å². The van der Waals surface area contributed by atoms with Crippen molar-refractivity contribution in [1.29, 1.82) is 0 Å². The molecule has 0 aliphatic carbocycles. The van der Waals surface area contributed by atoms with Gasteiger partial charge in [0.25, 0.3) is 10.1 Å². The molecule has 4 nitrogen and oxygen atoms in total. The summed E-state index contributed by atoms with van der Waals surface area (Å²) in [6.45, 7) is 4.99. The van der Waals surface area contributed by atoms with Gasteiger partial charge < -0.3 is 4.74 Å². The number of benzene rings is 1. The van der Waals surface area contributed by atoms with E-state index in [0.717, 1.165) is 18.6 Å². The standard InChI is InChI=1S/C28H50O4S/c1-3-5-7-9-11-13-15-19-26-23-27(20-16-14-12-10-8-6-4-2)25-28(24-26)32-21-17-18-22-33(29,30)31/h23-25H,3-22H2,1-2H3,(H,29,30,31). The maximum Gasteiger partial charge on any atom is 0.264 e. The Morgan fingerprint density at radius 2 is 1.09 bits per heavy atom. The lowest BCUT2D eigenvalue weighted by molar-refractivity contribution is 0.308. The Morgan fingerprint density at radius 3 is 1.55 bits per heavy atom. The van der Waals surface area contributed by atoms with Gasteiger partial charge in [0.2, 0.25) is 0 Å². The van der Waals surface area contributed by atoms with Crippen molar-refractivity contribution in [2.45, 2.75) is 129 Å². The Morgan fingerprint density at radius 1 is 0.636 bits per heavy atom. The van der Waals surface area contributed by atoms with Crippen LogP contribution in [0.3, 0.4) is 0 Å². The van der Waals surface area contributed by atoms with Crippen LogP contribution in [0.25, 0.3) is 0 Å². The number of hydrogen-bond donors (Lipinski definition) is 1. The van der Waals surface area contributed by atoms with E-state index < -0.39 is 10.1 Å². The summed E-state index contributed by atoms with van der Waals surface area (Å²) in [5, 5.41) is 0. The van der Waals surface area contributed by atoms with Crippen molar-refractivity contribution in [2.75, 3.05) is 12.4 Å². The molecule has 0 aliphatic heterocycles. The van der Waals surface area contributed by atoms with Crippen molar-refractivity contribution in [3.63, 3.8) is 0 Å². The molecule has 0 fully saturated rings. The van der Waals surface area contributed by atoms with Gasteiger partial charge in [0, 0.05) is 0 Å². The maximum absolute atomic E-state index is 10.9. The largest absolute Gasteiger partial charge is 0.494 e. The summed E-state index contributed by atoms with van der Waals surface area (Å²) in [5.41, 5.74) is 2.72. The molecule has 0 saturated heterocycles. The van der Waals surface area contributed by atoms with Gasteiger partial charge in [0.15, 0.2) is 0 Å². The molecule has 0 saturated carbocycles. The number of hydrogen-bond acceptors (Lipinski definition) is 3. The van der Waals surface area contributed by atoms with Gasteiger partial charge in [-0.25, -0.2) is 0 Å². The van der Waals surface area contributed by atoms with Crippen LogP contribution in [0, 0.1) is 0 Å². The summed E-state index contributed by atoms with van der Waals surface area (Å²) in [6.07, 6.45) is 21.6. The van der Waals surface area contributed by atoms with E-state index in [4.69, 9.17) is 9.29 Å². The third kappa shape index (κ3) is 18.0. The van der Waals surface area contributed by atoms with Crippen molar-refractivity contribution >= 4 is 10.1 Å². The minimum Gasteiger partial charge on any atom is -0.494 e. The van der Waals surface area contributed by atoms with Gasteiger partial charge >= 0.3 is 0 Å². The van der Waals surface area contributed by atoms with E-state index in [2.05, 4.69) is 32.0 Å². The average Bonchev–Trinajstić information content (AvgIpc) is 2.77. The van der Waals surface area contributed by atoms with E-state index in [9.17, 15) is 8.42 Å². The molecule has 1 N–H and O–H groups in total. The van der Waals surface area contributed by atoms with E-state index in [1.165, 1.54) is 101 Å². The van der Waals surface area contributed by atoms with Gasteiger partial charge in [-0.2, -0.15) is 8.42 Å². The van der Waals surface area contributed by atoms with E-state index in [0.29, 0.717) is 19.4 Å². The highest BCUT2D eigenvalue weighted by Gasteiger charge is 2.06. The number of ether oxygens (including phenoxy) is 1. The van der Waals surface area contributed by atoms with Crippen molar-refractivity contribution in [2.24, 2.45) is 0 Å². The Labute approximate surface area is 204 Å². The molecule has 0 amide bonds. The molecule has 0 spiro atoms. The molecule has 0 heterocycles. The van der Waals surface area contributed by atoms with Gasteiger partial charge in [-0.05, 0) is 61.8 Å². The average molecular weight is 483 g/mol. The van der Waals surface area contributed by atoms with Crippen molar-refractivity contribution in [3.8, 4) is 5.75 Å². The monoisotopic (exact) mass is 482 g/mol. The highest BCUT2D eigenvalue weighted by atomic mass is 32.2. The Kier molecular flexibility index (Phi) is 17.5. The molecule has 0 aliphatic rings. The summed E-state index contributed by atoms with van der Waals surface area (Å²) < 4.78 is 36.6. The lowest BCUT2D eigenvalue weighted by Crippen LogP contribution is -2.06. The quantitative estimate of drug-likeness (QED) is 0.133. The van der Waals surface area contributed by atoms with E-state index in [-0.39, 0.29) is 5.75 Å². The molecule has 1 aromatic carbocycles. The third-order valence-corrected chi connectivity index (χ3v) is 7.03. The topological polar surface area (TPSA) is 63.6 Å². The zero-order chi connectivity index (χ0) is 24.2. The van der Waals surface area contributed by atoms with Crippen LogP contribution in [0.1, 0.15) is 128 Å². The van der Waals surface area contributed by atoms with Crippen LogP contribution in [-0.2, 0) is 23.0 Å². The van der Waals surface area contributed by atoms with E-state index in [1.807, 2.05) is 0 Å². The first-order chi connectivity index (χ1) is 15.9. The lowest BCUT2D eigenvalue weighted by atomic mass is 9.99. The van der Waals surface area contributed by atoms with Crippen LogP contribution in [0.5, 0.6) is 5.75 Å².